The minimum Gasteiger partial charge on any atom is -0.397 e. The fourth-order valence-corrected chi connectivity index (χ4v) is 0.891. The molecule has 0 amide bonds. The largest absolute Gasteiger partial charge is 0.397 e. The van der Waals surface area contributed by atoms with Crippen LogP contribution in [0.25, 0.3) is 0 Å². The van der Waals surface area contributed by atoms with Crippen LogP contribution in [0.1, 0.15) is 23.6 Å². The van der Waals surface area contributed by atoms with Crippen LogP contribution in [-0.4, -0.2) is 11.7 Å². The van der Waals surface area contributed by atoms with Gasteiger partial charge in [0.2, 0.25) is 0 Å². The molecule has 1 aromatic carbocycles. The van der Waals surface area contributed by atoms with Gasteiger partial charge in [-0.25, -0.2) is 0 Å². The highest BCUT2D eigenvalue weighted by molar-refractivity contribution is 5.28. The van der Waals surface area contributed by atoms with Gasteiger partial charge in [-0.3, -0.25) is 0 Å². The fourth-order valence-electron chi connectivity index (χ4n) is 0.891. The van der Waals surface area contributed by atoms with Crippen LogP contribution in [0.2, 0.25) is 0 Å². The third-order valence-corrected chi connectivity index (χ3v) is 1.66. The lowest BCUT2D eigenvalue weighted by atomic mass is 10.1. The zero-order valence-corrected chi connectivity index (χ0v) is 8.39. The van der Waals surface area contributed by atoms with Crippen molar-refractivity contribution in [1.29, 1.82) is 0 Å². The first-order valence-corrected chi connectivity index (χ1v) is 4.26. The summed E-state index contributed by atoms with van der Waals surface area (Å²) in [7, 11) is 0. The number of aliphatic hydroxyl groups is 1. The van der Waals surface area contributed by atoms with Crippen LogP contribution in [0.3, 0.4) is 0 Å². The molecule has 0 fully saturated rings. The van der Waals surface area contributed by atoms with Crippen molar-refractivity contribution < 1.29 is 5.11 Å². The number of rotatable bonds is 0. The van der Waals surface area contributed by atoms with Crippen molar-refractivity contribution in [1.82, 2.24) is 0 Å². The van der Waals surface area contributed by atoms with E-state index in [9.17, 15) is 0 Å². The zero-order chi connectivity index (χ0) is 9.56. The summed E-state index contributed by atoms with van der Waals surface area (Å²) in [6.45, 7) is 8.32. The molecule has 0 aliphatic heterocycles. The first-order chi connectivity index (χ1) is 5.61. The van der Waals surface area contributed by atoms with Crippen LogP contribution in [-0.2, 0) is 0 Å². The van der Waals surface area contributed by atoms with E-state index in [1.807, 2.05) is 0 Å². The van der Waals surface area contributed by atoms with Crippen molar-refractivity contribution in [3.8, 4) is 0 Å². The molecule has 0 radical (unpaired) electrons. The van der Waals surface area contributed by atoms with E-state index in [0.717, 1.165) is 0 Å². The third kappa shape index (κ3) is 4.14. The van der Waals surface area contributed by atoms with Crippen LogP contribution in [0.15, 0.2) is 18.2 Å². The van der Waals surface area contributed by atoms with Gasteiger partial charge < -0.3 is 5.11 Å². The third-order valence-electron chi connectivity index (χ3n) is 1.66. The van der Waals surface area contributed by atoms with E-state index in [-0.39, 0.29) is 6.61 Å². The van der Waals surface area contributed by atoms with Gasteiger partial charge in [-0.05, 0) is 38.8 Å². The molecular formula is C11H18O. The summed E-state index contributed by atoms with van der Waals surface area (Å²) >= 11 is 0. The second-order valence-corrected chi connectivity index (χ2v) is 2.90. The smallest absolute Gasteiger partial charge is 0.0402 e. The average molecular weight is 166 g/mol. The Hall–Kier alpha value is -0.820. The quantitative estimate of drug-likeness (QED) is 0.628. The molecule has 0 saturated heterocycles. The Bertz CT molecular complexity index is 228. The summed E-state index contributed by atoms with van der Waals surface area (Å²) in [5.74, 6) is 0. The van der Waals surface area contributed by atoms with Crippen molar-refractivity contribution in [2.24, 2.45) is 0 Å². The second kappa shape index (κ2) is 5.78. The minimum atomic E-state index is 0.250. The number of hydrogen-bond donors (Lipinski definition) is 1. The molecule has 1 aromatic rings. The highest BCUT2D eigenvalue weighted by Gasteiger charge is 1.89. The molecule has 1 rings (SSSR count). The Morgan fingerprint density at radius 3 is 1.92 bits per heavy atom. The molecule has 0 spiro atoms. The van der Waals surface area contributed by atoms with Crippen LogP contribution < -0.4 is 0 Å². The number of hydrogen-bond acceptors (Lipinski definition) is 1. The second-order valence-electron chi connectivity index (χ2n) is 2.90. The van der Waals surface area contributed by atoms with E-state index in [0.29, 0.717) is 0 Å². The van der Waals surface area contributed by atoms with Crippen LogP contribution in [0.4, 0.5) is 0 Å². The maximum atomic E-state index is 7.57. The van der Waals surface area contributed by atoms with Crippen LogP contribution >= 0.6 is 0 Å². The first kappa shape index (κ1) is 11.2. The molecule has 0 aliphatic rings. The van der Waals surface area contributed by atoms with Crippen LogP contribution in [0, 0.1) is 20.8 Å². The van der Waals surface area contributed by atoms with Gasteiger partial charge in [-0.2, -0.15) is 0 Å². The van der Waals surface area contributed by atoms with E-state index < -0.39 is 0 Å². The molecule has 0 aromatic heterocycles. The van der Waals surface area contributed by atoms with E-state index in [1.165, 1.54) is 16.7 Å². The summed E-state index contributed by atoms with van der Waals surface area (Å²) in [4.78, 5) is 0. The molecule has 0 atom stereocenters. The SMILES string of the molecule is CCO.Cc1ccc(C)c(C)c1. The summed E-state index contributed by atoms with van der Waals surface area (Å²) in [5, 5.41) is 7.57. The molecule has 0 aliphatic carbocycles. The normalized spacial score (nSPS) is 8.75. The minimum absolute atomic E-state index is 0.250. The van der Waals surface area contributed by atoms with Gasteiger partial charge in [0.15, 0.2) is 0 Å². The Morgan fingerprint density at radius 1 is 1.08 bits per heavy atom. The predicted octanol–water partition coefficient (Wildman–Crippen LogP) is 2.61. The summed E-state index contributed by atoms with van der Waals surface area (Å²) < 4.78 is 0. The molecule has 1 N–H and O–H groups in total. The van der Waals surface area contributed by atoms with Gasteiger partial charge in [0.05, 0.1) is 0 Å². The lowest BCUT2D eigenvalue weighted by Gasteiger charge is -1.98. The molecule has 1 heteroatoms. The van der Waals surface area contributed by atoms with Crippen molar-refractivity contribution in [2.75, 3.05) is 6.61 Å². The molecule has 1 nitrogen and oxygen atoms in total. The van der Waals surface area contributed by atoms with E-state index in [4.69, 9.17) is 5.11 Å². The predicted molar refractivity (Wildman–Crippen MR) is 53.4 cm³/mol. The van der Waals surface area contributed by atoms with Gasteiger partial charge in [0, 0.05) is 6.61 Å². The number of benzene rings is 1. The van der Waals surface area contributed by atoms with E-state index >= 15 is 0 Å². The Balaban J connectivity index is 0.000000354. The number of aliphatic hydroxyl groups excluding tert-OH is 1. The van der Waals surface area contributed by atoms with Gasteiger partial charge in [-0.15, -0.1) is 0 Å². The molecule has 0 saturated carbocycles. The molecule has 0 bridgehead atoms. The Labute approximate surface area is 75.1 Å². The monoisotopic (exact) mass is 166 g/mol. The lowest BCUT2D eigenvalue weighted by molar-refractivity contribution is 0.318. The molecule has 0 heterocycles. The topological polar surface area (TPSA) is 20.2 Å². The summed E-state index contributed by atoms with van der Waals surface area (Å²) in [6, 6.07) is 6.50. The summed E-state index contributed by atoms with van der Waals surface area (Å²) in [6.07, 6.45) is 0. The van der Waals surface area contributed by atoms with Gasteiger partial charge in [0.1, 0.15) is 0 Å². The first-order valence-electron chi connectivity index (χ1n) is 4.26. The van der Waals surface area contributed by atoms with Crippen molar-refractivity contribution in [3.05, 3.63) is 34.9 Å². The van der Waals surface area contributed by atoms with Crippen molar-refractivity contribution in [2.45, 2.75) is 27.7 Å². The molecule has 12 heavy (non-hydrogen) atoms. The fraction of sp³-hybridized carbons (Fsp3) is 0.455. The highest BCUT2D eigenvalue weighted by Crippen LogP contribution is 2.07. The highest BCUT2D eigenvalue weighted by atomic mass is 16.2. The Morgan fingerprint density at radius 2 is 1.58 bits per heavy atom. The zero-order valence-electron chi connectivity index (χ0n) is 8.39. The number of aryl methyl sites for hydroxylation is 3. The molecule has 0 unspecified atom stereocenters. The van der Waals surface area contributed by atoms with Gasteiger partial charge in [-0.1, -0.05) is 23.8 Å². The lowest BCUT2D eigenvalue weighted by Crippen LogP contribution is -1.79. The van der Waals surface area contributed by atoms with E-state index in [2.05, 4.69) is 39.0 Å². The van der Waals surface area contributed by atoms with E-state index in [1.54, 1.807) is 6.92 Å². The summed E-state index contributed by atoms with van der Waals surface area (Å²) in [5.41, 5.74) is 4.11. The Kier molecular flexibility index (Phi) is 5.39. The standard InChI is InChI=1S/C9H12.C2H6O/c1-7-4-5-8(2)9(3)6-7;1-2-3/h4-6H,1-3H3;3H,2H2,1H3. The molecule has 68 valence electrons. The maximum Gasteiger partial charge on any atom is 0.0402 e. The molecular weight excluding hydrogens is 148 g/mol. The van der Waals surface area contributed by atoms with Gasteiger partial charge >= 0.3 is 0 Å². The maximum absolute atomic E-state index is 7.57. The van der Waals surface area contributed by atoms with Crippen molar-refractivity contribution in [3.63, 3.8) is 0 Å². The average Bonchev–Trinajstić information content (AvgIpc) is 1.99. The van der Waals surface area contributed by atoms with Crippen molar-refractivity contribution >= 4 is 0 Å². The van der Waals surface area contributed by atoms with Crippen LogP contribution in [0.5, 0.6) is 0 Å². The van der Waals surface area contributed by atoms with Gasteiger partial charge in [0.25, 0.3) is 0 Å².